The first-order valence-corrected chi connectivity index (χ1v) is 4.27. The van der Waals surface area contributed by atoms with Gasteiger partial charge in [-0.2, -0.15) is 0 Å². The highest BCUT2D eigenvalue weighted by atomic mass is 16.4. The van der Waals surface area contributed by atoms with Gasteiger partial charge in [0, 0.05) is 5.69 Å². The van der Waals surface area contributed by atoms with Crippen molar-refractivity contribution in [3.05, 3.63) is 29.3 Å². The van der Waals surface area contributed by atoms with E-state index in [1.54, 1.807) is 19.1 Å². The molecule has 0 aliphatic carbocycles. The molecule has 1 atom stereocenters. The SMILES string of the molecule is CC1C(=O)Nc2ccc(C(=O)O)cc21. The van der Waals surface area contributed by atoms with Crippen LogP contribution in [0.1, 0.15) is 28.8 Å². The number of fused-ring (bicyclic) bond motifs is 1. The Morgan fingerprint density at radius 3 is 2.86 bits per heavy atom. The Kier molecular flexibility index (Phi) is 1.77. The second-order valence-electron chi connectivity index (χ2n) is 3.32. The summed E-state index contributed by atoms with van der Waals surface area (Å²) in [5.41, 5.74) is 1.69. The van der Waals surface area contributed by atoms with E-state index in [1.807, 2.05) is 0 Å². The normalized spacial score (nSPS) is 18.9. The van der Waals surface area contributed by atoms with Crippen LogP contribution in [-0.4, -0.2) is 17.0 Å². The standard InChI is InChI=1S/C10H9NO3/c1-5-7-4-6(10(13)14)2-3-8(7)11-9(5)12/h2-5H,1H3,(H,11,12)(H,13,14). The van der Waals surface area contributed by atoms with Crippen LogP contribution in [0.15, 0.2) is 18.2 Å². The van der Waals surface area contributed by atoms with E-state index < -0.39 is 5.97 Å². The van der Waals surface area contributed by atoms with Crippen LogP contribution in [0.25, 0.3) is 0 Å². The average Bonchev–Trinajstić information content (AvgIpc) is 2.43. The molecule has 1 heterocycles. The Morgan fingerprint density at radius 2 is 2.21 bits per heavy atom. The summed E-state index contributed by atoms with van der Waals surface area (Å²) in [5, 5.41) is 11.4. The van der Waals surface area contributed by atoms with E-state index >= 15 is 0 Å². The fourth-order valence-electron chi connectivity index (χ4n) is 1.55. The molecular formula is C10H9NO3. The Bertz CT molecular complexity index is 425. The van der Waals surface area contributed by atoms with Gasteiger partial charge in [0.05, 0.1) is 11.5 Å². The maximum absolute atomic E-state index is 11.3. The number of carboxylic acids is 1. The monoisotopic (exact) mass is 191 g/mol. The van der Waals surface area contributed by atoms with E-state index in [0.29, 0.717) is 5.69 Å². The van der Waals surface area contributed by atoms with Crippen molar-refractivity contribution in [3.63, 3.8) is 0 Å². The molecule has 0 saturated carbocycles. The smallest absolute Gasteiger partial charge is 0.335 e. The van der Waals surface area contributed by atoms with E-state index in [0.717, 1.165) is 5.56 Å². The molecule has 0 spiro atoms. The number of anilines is 1. The van der Waals surface area contributed by atoms with Gasteiger partial charge in [-0.1, -0.05) is 0 Å². The number of carboxylic acid groups (broad SMARTS) is 1. The molecule has 0 bridgehead atoms. The van der Waals surface area contributed by atoms with E-state index in [1.165, 1.54) is 6.07 Å². The molecule has 2 rings (SSSR count). The maximum Gasteiger partial charge on any atom is 0.335 e. The van der Waals surface area contributed by atoms with Gasteiger partial charge in [0.1, 0.15) is 0 Å². The van der Waals surface area contributed by atoms with Crippen LogP contribution in [0.3, 0.4) is 0 Å². The Morgan fingerprint density at radius 1 is 1.50 bits per heavy atom. The summed E-state index contributed by atoms with van der Waals surface area (Å²) in [6.45, 7) is 1.76. The summed E-state index contributed by atoms with van der Waals surface area (Å²) in [7, 11) is 0. The lowest BCUT2D eigenvalue weighted by Crippen LogP contribution is -2.08. The molecule has 0 saturated heterocycles. The van der Waals surface area contributed by atoms with Crippen molar-refractivity contribution < 1.29 is 14.7 Å². The summed E-state index contributed by atoms with van der Waals surface area (Å²) < 4.78 is 0. The van der Waals surface area contributed by atoms with Crippen LogP contribution < -0.4 is 5.32 Å². The van der Waals surface area contributed by atoms with Gasteiger partial charge < -0.3 is 10.4 Å². The molecule has 14 heavy (non-hydrogen) atoms. The molecular weight excluding hydrogens is 182 g/mol. The lowest BCUT2D eigenvalue weighted by atomic mass is 10.0. The number of aromatic carboxylic acids is 1. The van der Waals surface area contributed by atoms with E-state index in [-0.39, 0.29) is 17.4 Å². The first-order valence-electron chi connectivity index (χ1n) is 4.27. The number of nitrogens with one attached hydrogen (secondary N) is 1. The van der Waals surface area contributed by atoms with Gasteiger partial charge >= 0.3 is 5.97 Å². The van der Waals surface area contributed by atoms with E-state index in [4.69, 9.17) is 5.11 Å². The molecule has 4 heteroatoms. The summed E-state index contributed by atoms with van der Waals surface area (Å²) in [5.74, 6) is -1.31. The van der Waals surface area contributed by atoms with Crippen molar-refractivity contribution in [1.82, 2.24) is 0 Å². The van der Waals surface area contributed by atoms with Crippen molar-refractivity contribution in [2.75, 3.05) is 5.32 Å². The van der Waals surface area contributed by atoms with Gasteiger partial charge in [0.15, 0.2) is 0 Å². The lowest BCUT2D eigenvalue weighted by molar-refractivity contribution is -0.116. The molecule has 0 fully saturated rings. The molecule has 2 N–H and O–H groups in total. The van der Waals surface area contributed by atoms with Crippen molar-refractivity contribution in [2.45, 2.75) is 12.8 Å². The molecule has 1 aromatic carbocycles. The van der Waals surface area contributed by atoms with Crippen LogP contribution in [0.2, 0.25) is 0 Å². The lowest BCUT2D eigenvalue weighted by Gasteiger charge is -2.01. The number of amides is 1. The zero-order chi connectivity index (χ0) is 10.3. The predicted octanol–water partition coefficient (Wildman–Crippen LogP) is 1.44. The Hall–Kier alpha value is -1.84. The van der Waals surface area contributed by atoms with Crippen LogP contribution >= 0.6 is 0 Å². The Balaban J connectivity index is 2.51. The number of rotatable bonds is 1. The number of benzene rings is 1. The van der Waals surface area contributed by atoms with Gasteiger partial charge in [-0.3, -0.25) is 4.79 Å². The Labute approximate surface area is 80.6 Å². The largest absolute Gasteiger partial charge is 0.478 e. The minimum Gasteiger partial charge on any atom is -0.478 e. The van der Waals surface area contributed by atoms with Crippen LogP contribution in [0.5, 0.6) is 0 Å². The summed E-state index contributed by atoms with van der Waals surface area (Å²) in [6.07, 6.45) is 0. The first kappa shape index (κ1) is 8.74. The zero-order valence-electron chi connectivity index (χ0n) is 7.57. The highest BCUT2D eigenvalue weighted by Gasteiger charge is 2.26. The molecule has 1 aliphatic rings. The highest BCUT2D eigenvalue weighted by molar-refractivity contribution is 6.03. The van der Waals surface area contributed by atoms with Gasteiger partial charge in [0.2, 0.25) is 5.91 Å². The van der Waals surface area contributed by atoms with Gasteiger partial charge in [-0.25, -0.2) is 4.79 Å². The quantitative estimate of drug-likeness (QED) is 0.705. The summed E-state index contributed by atoms with van der Waals surface area (Å²) in [6, 6.07) is 4.65. The molecule has 1 unspecified atom stereocenters. The summed E-state index contributed by atoms with van der Waals surface area (Å²) >= 11 is 0. The third-order valence-electron chi connectivity index (χ3n) is 2.42. The third-order valence-corrected chi connectivity index (χ3v) is 2.42. The second-order valence-corrected chi connectivity index (χ2v) is 3.32. The molecule has 0 aromatic heterocycles. The fourth-order valence-corrected chi connectivity index (χ4v) is 1.55. The number of carbonyl (C=O) groups is 2. The highest BCUT2D eigenvalue weighted by Crippen LogP contribution is 2.32. The molecule has 0 radical (unpaired) electrons. The van der Waals surface area contributed by atoms with Crippen molar-refractivity contribution in [2.24, 2.45) is 0 Å². The number of hydrogen-bond acceptors (Lipinski definition) is 2. The first-order chi connectivity index (χ1) is 6.59. The number of carbonyl (C=O) groups excluding carboxylic acids is 1. The predicted molar refractivity (Wildman–Crippen MR) is 50.4 cm³/mol. The van der Waals surface area contributed by atoms with Gasteiger partial charge in [-0.15, -0.1) is 0 Å². The van der Waals surface area contributed by atoms with Gasteiger partial charge in [-0.05, 0) is 30.7 Å². The van der Waals surface area contributed by atoms with E-state index in [2.05, 4.69) is 5.32 Å². The minimum absolute atomic E-state index is 0.0810. The van der Waals surface area contributed by atoms with Crippen LogP contribution in [0.4, 0.5) is 5.69 Å². The molecule has 4 nitrogen and oxygen atoms in total. The van der Waals surface area contributed by atoms with Crippen LogP contribution in [0, 0.1) is 0 Å². The van der Waals surface area contributed by atoms with Crippen LogP contribution in [-0.2, 0) is 4.79 Å². The summed E-state index contributed by atoms with van der Waals surface area (Å²) in [4.78, 5) is 21.9. The fraction of sp³-hybridized carbons (Fsp3) is 0.200. The maximum atomic E-state index is 11.3. The average molecular weight is 191 g/mol. The van der Waals surface area contributed by atoms with E-state index in [9.17, 15) is 9.59 Å². The van der Waals surface area contributed by atoms with Crippen molar-refractivity contribution in [3.8, 4) is 0 Å². The zero-order valence-corrected chi connectivity index (χ0v) is 7.57. The minimum atomic E-state index is -0.973. The molecule has 1 amide bonds. The molecule has 1 aliphatic heterocycles. The third kappa shape index (κ3) is 1.16. The molecule has 1 aromatic rings. The van der Waals surface area contributed by atoms with Crippen molar-refractivity contribution >= 4 is 17.6 Å². The topological polar surface area (TPSA) is 66.4 Å². The molecule has 72 valence electrons. The second kappa shape index (κ2) is 2.83. The van der Waals surface area contributed by atoms with Gasteiger partial charge in [0.25, 0.3) is 0 Å². The van der Waals surface area contributed by atoms with Crippen molar-refractivity contribution in [1.29, 1.82) is 0 Å². The number of hydrogen-bond donors (Lipinski definition) is 2.